The number of piperidine rings is 2. The molecule has 1 atom stereocenters. The zero-order chi connectivity index (χ0) is 15.5. The smallest absolute Gasteiger partial charge is 0.231 e. The van der Waals surface area contributed by atoms with Gasteiger partial charge in [-0.2, -0.15) is 0 Å². The summed E-state index contributed by atoms with van der Waals surface area (Å²) in [7, 11) is 0. The van der Waals surface area contributed by atoms with E-state index >= 15 is 0 Å². The summed E-state index contributed by atoms with van der Waals surface area (Å²) in [5.41, 5.74) is 5.51. The van der Waals surface area contributed by atoms with Crippen LogP contribution in [0.15, 0.2) is 0 Å². The first kappa shape index (κ1) is 16.3. The predicted octanol–water partition coefficient (Wildman–Crippen LogP) is 1.22. The molecule has 0 aromatic carbocycles. The van der Waals surface area contributed by atoms with Crippen LogP contribution < -0.4 is 5.73 Å². The molecule has 0 aromatic rings. The molecule has 2 saturated heterocycles. The molecule has 2 aliphatic rings. The summed E-state index contributed by atoms with van der Waals surface area (Å²) in [4.78, 5) is 27.5. The van der Waals surface area contributed by atoms with Gasteiger partial charge in [0, 0.05) is 31.5 Å². The molecule has 0 bridgehead atoms. The van der Waals surface area contributed by atoms with E-state index in [-0.39, 0.29) is 11.3 Å². The minimum Gasteiger partial charge on any atom is -0.369 e. The first-order valence-corrected chi connectivity index (χ1v) is 8.19. The van der Waals surface area contributed by atoms with Crippen LogP contribution in [0.5, 0.6) is 0 Å². The highest BCUT2D eigenvalue weighted by Crippen LogP contribution is 2.38. The summed E-state index contributed by atoms with van der Waals surface area (Å²) in [6.07, 6.45) is 4.93. The molecule has 2 fully saturated rings. The Hall–Kier alpha value is -1.10. The fraction of sp³-hybridized carbons (Fsp3) is 0.875. The normalized spacial score (nSPS) is 27.6. The maximum Gasteiger partial charge on any atom is 0.231 e. The molecule has 2 N–H and O–H groups in total. The number of primary amides is 1. The standard InChI is InChI=1S/C16H29N3O2/c1-13(2)5-9-19-12-16(7-4-15(19)21)6-3-8-18(11-16)10-14(17)20/h13H,3-12H2,1-2H3,(H2,17,20)/t16-/m0/s1. The van der Waals surface area contributed by atoms with Gasteiger partial charge in [0.15, 0.2) is 0 Å². The summed E-state index contributed by atoms with van der Waals surface area (Å²) < 4.78 is 0. The monoisotopic (exact) mass is 295 g/mol. The highest BCUT2D eigenvalue weighted by molar-refractivity contribution is 5.77. The Morgan fingerprint density at radius 1 is 1.33 bits per heavy atom. The Morgan fingerprint density at radius 2 is 2.10 bits per heavy atom. The topological polar surface area (TPSA) is 66.6 Å². The first-order valence-electron chi connectivity index (χ1n) is 8.19. The van der Waals surface area contributed by atoms with E-state index in [1.165, 1.54) is 0 Å². The van der Waals surface area contributed by atoms with Crippen LogP contribution >= 0.6 is 0 Å². The Bertz CT molecular complexity index is 397. The fourth-order valence-electron chi connectivity index (χ4n) is 3.72. The summed E-state index contributed by atoms with van der Waals surface area (Å²) in [6, 6.07) is 0. The molecule has 2 aliphatic heterocycles. The highest BCUT2D eigenvalue weighted by atomic mass is 16.2. The Balaban J connectivity index is 1.97. The second-order valence-corrected chi connectivity index (χ2v) is 7.28. The van der Waals surface area contributed by atoms with Crippen molar-refractivity contribution in [2.75, 3.05) is 32.7 Å². The van der Waals surface area contributed by atoms with Gasteiger partial charge in [0.05, 0.1) is 6.54 Å². The maximum absolute atomic E-state index is 12.1. The molecular formula is C16H29N3O2. The number of hydrogen-bond donors (Lipinski definition) is 1. The van der Waals surface area contributed by atoms with Gasteiger partial charge in [0.25, 0.3) is 0 Å². The molecule has 21 heavy (non-hydrogen) atoms. The largest absolute Gasteiger partial charge is 0.369 e. The van der Waals surface area contributed by atoms with Gasteiger partial charge >= 0.3 is 0 Å². The third-order valence-corrected chi connectivity index (χ3v) is 4.84. The van der Waals surface area contributed by atoms with Gasteiger partial charge in [-0.15, -0.1) is 0 Å². The van der Waals surface area contributed by atoms with Crippen LogP contribution in [-0.2, 0) is 9.59 Å². The van der Waals surface area contributed by atoms with Crippen molar-refractivity contribution >= 4 is 11.8 Å². The predicted molar refractivity (Wildman–Crippen MR) is 82.6 cm³/mol. The van der Waals surface area contributed by atoms with E-state index in [1.807, 2.05) is 0 Å². The molecule has 0 radical (unpaired) electrons. The molecule has 2 heterocycles. The van der Waals surface area contributed by atoms with E-state index in [1.54, 1.807) is 0 Å². The van der Waals surface area contributed by atoms with Gasteiger partial charge in [-0.05, 0) is 38.1 Å². The van der Waals surface area contributed by atoms with E-state index in [2.05, 4.69) is 23.6 Å². The SMILES string of the molecule is CC(C)CCN1C[C@@]2(CCCN(CC(N)=O)C2)CCC1=O. The molecule has 2 amide bonds. The van der Waals surface area contributed by atoms with Crippen molar-refractivity contribution in [3.8, 4) is 0 Å². The van der Waals surface area contributed by atoms with Crippen molar-refractivity contribution in [3.63, 3.8) is 0 Å². The molecule has 5 nitrogen and oxygen atoms in total. The summed E-state index contributed by atoms with van der Waals surface area (Å²) in [5, 5.41) is 0. The van der Waals surface area contributed by atoms with Crippen molar-refractivity contribution < 1.29 is 9.59 Å². The van der Waals surface area contributed by atoms with Gasteiger partial charge < -0.3 is 10.6 Å². The molecule has 0 aromatic heterocycles. The van der Waals surface area contributed by atoms with E-state index in [9.17, 15) is 9.59 Å². The van der Waals surface area contributed by atoms with Crippen LogP contribution in [-0.4, -0.2) is 54.3 Å². The van der Waals surface area contributed by atoms with Crippen LogP contribution in [0.1, 0.15) is 46.0 Å². The minimum atomic E-state index is -0.254. The van der Waals surface area contributed by atoms with Crippen LogP contribution in [0.3, 0.4) is 0 Å². The number of nitrogens with zero attached hydrogens (tertiary/aromatic N) is 2. The Labute approximate surface area is 127 Å². The van der Waals surface area contributed by atoms with Crippen LogP contribution in [0.4, 0.5) is 0 Å². The lowest BCUT2D eigenvalue weighted by atomic mass is 9.73. The molecule has 5 heteroatoms. The summed E-state index contributed by atoms with van der Waals surface area (Å²) >= 11 is 0. The van der Waals surface area contributed by atoms with Crippen LogP contribution in [0.25, 0.3) is 0 Å². The third kappa shape index (κ3) is 4.43. The number of carbonyl (C=O) groups is 2. The van der Waals surface area contributed by atoms with E-state index in [0.29, 0.717) is 24.8 Å². The zero-order valence-corrected chi connectivity index (χ0v) is 13.4. The molecular weight excluding hydrogens is 266 g/mol. The second-order valence-electron chi connectivity index (χ2n) is 7.28. The van der Waals surface area contributed by atoms with Crippen molar-refractivity contribution in [2.24, 2.45) is 17.1 Å². The van der Waals surface area contributed by atoms with Crippen molar-refractivity contribution in [2.45, 2.75) is 46.0 Å². The second kappa shape index (κ2) is 6.77. The average Bonchev–Trinajstić information content (AvgIpc) is 2.39. The van der Waals surface area contributed by atoms with Gasteiger partial charge in [0.2, 0.25) is 11.8 Å². The van der Waals surface area contributed by atoms with Crippen molar-refractivity contribution in [1.29, 1.82) is 0 Å². The average molecular weight is 295 g/mol. The lowest BCUT2D eigenvalue weighted by Gasteiger charge is -2.48. The molecule has 0 saturated carbocycles. The van der Waals surface area contributed by atoms with Gasteiger partial charge in [-0.25, -0.2) is 0 Å². The molecule has 120 valence electrons. The van der Waals surface area contributed by atoms with Crippen molar-refractivity contribution in [1.82, 2.24) is 9.80 Å². The maximum atomic E-state index is 12.1. The van der Waals surface area contributed by atoms with Gasteiger partial charge in [-0.3, -0.25) is 14.5 Å². The molecule has 0 unspecified atom stereocenters. The molecule has 2 rings (SSSR count). The van der Waals surface area contributed by atoms with Gasteiger partial charge in [-0.1, -0.05) is 13.8 Å². The number of likely N-dealkylation sites (tertiary alicyclic amines) is 2. The van der Waals surface area contributed by atoms with Crippen molar-refractivity contribution in [3.05, 3.63) is 0 Å². The number of amides is 2. The van der Waals surface area contributed by atoms with E-state index < -0.39 is 0 Å². The molecule has 0 aliphatic carbocycles. The minimum absolute atomic E-state index is 0.179. The lowest BCUT2D eigenvalue weighted by Crippen LogP contribution is -2.55. The Morgan fingerprint density at radius 3 is 2.76 bits per heavy atom. The third-order valence-electron chi connectivity index (χ3n) is 4.84. The van der Waals surface area contributed by atoms with Crippen LogP contribution in [0, 0.1) is 11.3 Å². The summed E-state index contributed by atoms with van der Waals surface area (Å²) in [5.74, 6) is 0.664. The van der Waals surface area contributed by atoms with Crippen LogP contribution in [0.2, 0.25) is 0 Å². The number of hydrogen-bond acceptors (Lipinski definition) is 3. The first-order chi connectivity index (χ1) is 9.90. The quantitative estimate of drug-likeness (QED) is 0.829. The number of carbonyl (C=O) groups excluding carboxylic acids is 2. The zero-order valence-electron chi connectivity index (χ0n) is 13.4. The lowest BCUT2D eigenvalue weighted by molar-refractivity contribution is -0.140. The van der Waals surface area contributed by atoms with E-state index in [0.717, 1.165) is 51.9 Å². The molecule has 1 spiro atoms. The summed E-state index contributed by atoms with van der Waals surface area (Å²) in [6.45, 7) is 8.31. The Kier molecular flexibility index (Phi) is 5.25. The number of nitrogens with two attached hydrogens (primary N) is 1. The fourth-order valence-corrected chi connectivity index (χ4v) is 3.72. The highest BCUT2D eigenvalue weighted by Gasteiger charge is 2.41. The van der Waals surface area contributed by atoms with E-state index in [4.69, 9.17) is 5.73 Å². The number of rotatable bonds is 5. The van der Waals surface area contributed by atoms with Gasteiger partial charge in [0.1, 0.15) is 0 Å².